The second-order valence-corrected chi connectivity index (χ2v) is 9.36. The molecule has 1 aliphatic heterocycles. The Morgan fingerprint density at radius 3 is 2.57 bits per heavy atom. The van der Waals surface area contributed by atoms with Crippen LogP contribution in [0.15, 0.2) is 53.4 Å². The van der Waals surface area contributed by atoms with Gasteiger partial charge in [-0.15, -0.1) is 11.8 Å². The number of hydrogen-bond acceptors (Lipinski definition) is 4. The zero-order valence-corrected chi connectivity index (χ0v) is 16.3. The number of para-hydroxylation sites is 1. The van der Waals surface area contributed by atoms with Gasteiger partial charge in [0.2, 0.25) is 10.0 Å². The summed E-state index contributed by atoms with van der Waals surface area (Å²) in [6, 6.07) is 14.6. The third kappa shape index (κ3) is 3.38. The molecule has 0 amide bonds. The number of rotatable bonds is 4. The van der Waals surface area contributed by atoms with Crippen LogP contribution in [0.4, 0.5) is 0 Å². The van der Waals surface area contributed by atoms with Crippen LogP contribution in [0.5, 0.6) is 5.75 Å². The van der Waals surface area contributed by atoms with Crippen LogP contribution < -0.4 is 4.74 Å². The predicted molar refractivity (Wildman–Crippen MR) is 101 cm³/mol. The third-order valence-corrected chi connectivity index (χ3v) is 7.65. The fraction of sp³-hybridized carbons (Fsp3) is 0.250. The third-order valence-electron chi connectivity index (χ3n) is 3.67. The first-order valence-electron chi connectivity index (χ1n) is 7.06. The van der Waals surface area contributed by atoms with E-state index in [1.165, 1.54) is 0 Å². The Kier molecular flexibility index (Phi) is 5.19. The maximum absolute atomic E-state index is 13.0. The standard InChI is InChI=1S/C16H16INO3S2/c1-21-15-5-3-2-4-14(15)16-18(10-11-22-16)23(19,20)13-8-6-12(17)7-9-13/h2-9,16H,10-11H2,1H3. The molecule has 1 fully saturated rings. The number of nitrogens with zero attached hydrogens (tertiary/aromatic N) is 1. The minimum absolute atomic E-state index is 0.254. The van der Waals surface area contributed by atoms with E-state index in [0.29, 0.717) is 11.4 Å². The van der Waals surface area contributed by atoms with Crippen LogP contribution in [0.25, 0.3) is 0 Å². The lowest BCUT2D eigenvalue weighted by Gasteiger charge is -2.24. The van der Waals surface area contributed by atoms with Gasteiger partial charge in [-0.1, -0.05) is 18.2 Å². The zero-order chi connectivity index (χ0) is 16.4. The van der Waals surface area contributed by atoms with Crippen molar-refractivity contribution < 1.29 is 13.2 Å². The summed E-state index contributed by atoms with van der Waals surface area (Å²) < 4.78 is 34.0. The van der Waals surface area contributed by atoms with E-state index in [0.717, 1.165) is 20.6 Å². The van der Waals surface area contributed by atoms with Crippen molar-refractivity contribution in [2.45, 2.75) is 10.3 Å². The Morgan fingerprint density at radius 2 is 1.87 bits per heavy atom. The molecule has 2 aromatic carbocycles. The molecule has 0 radical (unpaired) electrons. The van der Waals surface area contributed by atoms with Crippen molar-refractivity contribution in [2.75, 3.05) is 19.4 Å². The van der Waals surface area contributed by atoms with E-state index in [-0.39, 0.29) is 5.37 Å². The van der Waals surface area contributed by atoms with Crippen LogP contribution in [-0.2, 0) is 10.0 Å². The molecule has 0 bridgehead atoms. The molecule has 0 saturated carbocycles. The average molecular weight is 461 g/mol. The van der Waals surface area contributed by atoms with Gasteiger partial charge in [-0.25, -0.2) is 8.42 Å². The quantitative estimate of drug-likeness (QED) is 0.652. The molecule has 7 heteroatoms. The lowest BCUT2D eigenvalue weighted by Crippen LogP contribution is -2.30. The number of ether oxygens (including phenoxy) is 1. The second kappa shape index (κ2) is 7.00. The summed E-state index contributed by atoms with van der Waals surface area (Å²) in [5, 5.41) is -0.254. The van der Waals surface area contributed by atoms with Gasteiger partial charge < -0.3 is 4.74 Å². The van der Waals surface area contributed by atoms with Gasteiger partial charge in [0, 0.05) is 21.4 Å². The molecule has 0 N–H and O–H groups in total. The number of thioether (sulfide) groups is 1. The van der Waals surface area contributed by atoms with Crippen molar-refractivity contribution >= 4 is 44.4 Å². The first kappa shape index (κ1) is 17.1. The van der Waals surface area contributed by atoms with E-state index in [1.54, 1.807) is 35.3 Å². The Bertz CT molecular complexity index is 793. The van der Waals surface area contributed by atoms with Gasteiger partial charge in [0.15, 0.2) is 0 Å². The Morgan fingerprint density at radius 1 is 1.17 bits per heavy atom. The summed E-state index contributed by atoms with van der Waals surface area (Å²) in [4.78, 5) is 0.334. The SMILES string of the molecule is COc1ccccc1C1SCCN1S(=O)(=O)c1ccc(I)cc1. The van der Waals surface area contributed by atoms with Gasteiger partial charge in [-0.3, -0.25) is 0 Å². The van der Waals surface area contributed by atoms with Crippen LogP contribution in [0, 0.1) is 3.57 Å². The summed E-state index contributed by atoms with van der Waals surface area (Å²) in [7, 11) is -1.92. The van der Waals surface area contributed by atoms with Crippen molar-refractivity contribution in [1.82, 2.24) is 4.31 Å². The highest BCUT2D eigenvalue weighted by atomic mass is 127. The number of methoxy groups -OCH3 is 1. The largest absolute Gasteiger partial charge is 0.496 e. The normalized spacial score (nSPS) is 19.0. The maximum Gasteiger partial charge on any atom is 0.244 e. The molecule has 1 aliphatic rings. The Hall–Kier alpha value is -0.770. The topological polar surface area (TPSA) is 46.6 Å². The summed E-state index contributed by atoms with van der Waals surface area (Å²) in [5.74, 6) is 1.49. The maximum atomic E-state index is 13.0. The first-order chi connectivity index (χ1) is 11.0. The monoisotopic (exact) mass is 461 g/mol. The molecule has 1 unspecified atom stereocenters. The lowest BCUT2D eigenvalue weighted by atomic mass is 10.2. The fourth-order valence-corrected chi connectivity index (χ4v) is 6.18. The zero-order valence-electron chi connectivity index (χ0n) is 12.5. The summed E-state index contributed by atoms with van der Waals surface area (Å²) in [5.41, 5.74) is 0.895. The summed E-state index contributed by atoms with van der Waals surface area (Å²) in [6.07, 6.45) is 0. The molecular formula is C16H16INO3S2. The van der Waals surface area contributed by atoms with Gasteiger partial charge in [-0.2, -0.15) is 4.31 Å². The highest BCUT2D eigenvalue weighted by molar-refractivity contribution is 14.1. The van der Waals surface area contributed by atoms with Crippen molar-refractivity contribution in [2.24, 2.45) is 0 Å². The molecule has 0 aliphatic carbocycles. The molecular weight excluding hydrogens is 445 g/mol. The van der Waals surface area contributed by atoms with Gasteiger partial charge >= 0.3 is 0 Å². The number of sulfonamides is 1. The number of benzene rings is 2. The minimum atomic E-state index is -3.52. The fourth-order valence-electron chi connectivity index (χ4n) is 2.56. The van der Waals surface area contributed by atoms with E-state index < -0.39 is 10.0 Å². The summed E-state index contributed by atoms with van der Waals surface area (Å²) >= 11 is 3.79. The lowest BCUT2D eigenvalue weighted by molar-refractivity contribution is 0.390. The Balaban J connectivity index is 1.99. The van der Waals surface area contributed by atoms with Gasteiger partial charge in [0.1, 0.15) is 5.75 Å². The number of halogens is 1. The van der Waals surface area contributed by atoms with Gasteiger partial charge in [0.25, 0.3) is 0 Å². The molecule has 2 aromatic rings. The molecule has 0 aromatic heterocycles. The van der Waals surface area contributed by atoms with E-state index >= 15 is 0 Å². The number of hydrogen-bond donors (Lipinski definition) is 0. The van der Waals surface area contributed by atoms with Crippen LogP contribution in [0.2, 0.25) is 0 Å². The molecule has 122 valence electrons. The van der Waals surface area contributed by atoms with E-state index in [1.807, 2.05) is 36.4 Å². The van der Waals surface area contributed by atoms with Crippen LogP contribution >= 0.6 is 34.4 Å². The predicted octanol–water partition coefficient (Wildman–Crippen LogP) is 3.74. The molecule has 1 atom stereocenters. The molecule has 4 nitrogen and oxygen atoms in total. The Labute approximate surface area is 154 Å². The molecule has 1 saturated heterocycles. The molecule has 0 spiro atoms. The van der Waals surface area contributed by atoms with Crippen molar-refractivity contribution in [3.05, 3.63) is 57.7 Å². The van der Waals surface area contributed by atoms with E-state index in [9.17, 15) is 8.42 Å². The first-order valence-corrected chi connectivity index (χ1v) is 10.6. The average Bonchev–Trinajstić information content (AvgIpc) is 3.05. The van der Waals surface area contributed by atoms with Crippen molar-refractivity contribution in [3.63, 3.8) is 0 Å². The highest BCUT2D eigenvalue weighted by Gasteiger charge is 2.38. The van der Waals surface area contributed by atoms with E-state index in [4.69, 9.17) is 4.74 Å². The van der Waals surface area contributed by atoms with Gasteiger partial charge in [0.05, 0.1) is 17.4 Å². The smallest absolute Gasteiger partial charge is 0.244 e. The molecule has 23 heavy (non-hydrogen) atoms. The van der Waals surface area contributed by atoms with Crippen LogP contribution in [0.1, 0.15) is 10.9 Å². The highest BCUT2D eigenvalue weighted by Crippen LogP contribution is 2.44. The second-order valence-electron chi connectivity index (χ2n) is 5.03. The molecule has 1 heterocycles. The minimum Gasteiger partial charge on any atom is -0.496 e. The molecule has 3 rings (SSSR count). The summed E-state index contributed by atoms with van der Waals surface area (Å²) in [6.45, 7) is 0.502. The van der Waals surface area contributed by atoms with Crippen molar-refractivity contribution in [1.29, 1.82) is 0 Å². The van der Waals surface area contributed by atoms with Crippen LogP contribution in [0.3, 0.4) is 0 Å². The van der Waals surface area contributed by atoms with E-state index in [2.05, 4.69) is 22.6 Å². The van der Waals surface area contributed by atoms with Crippen molar-refractivity contribution in [3.8, 4) is 5.75 Å². The van der Waals surface area contributed by atoms with Gasteiger partial charge in [-0.05, 0) is 52.9 Å². The van der Waals surface area contributed by atoms with Crippen LogP contribution in [-0.4, -0.2) is 32.1 Å².